The van der Waals surface area contributed by atoms with E-state index in [1.807, 2.05) is 18.5 Å². The summed E-state index contributed by atoms with van der Waals surface area (Å²) < 4.78 is 15.0. The molecule has 1 aromatic heterocycles. The van der Waals surface area contributed by atoms with Gasteiger partial charge in [0.1, 0.15) is 17.8 Å². The van der Waals surface area contributed by atoms with Crippen molar-refractivity contribution in [2.45, 2.75) is 44.7 Å². The Kier molecular flexibility index (Phi) is 2.52. The highest BCUT2D eigenvalue weighted by Crippen LogP contribution is 2.32. The van der Waals surface area contributed by atoms with E-state index in [2.05, 4.69) is 10.2 Å². The minimum Gasteiger partial charge on any atom is -0.318 e. The van der Waals surface area contributed by atoms with Gasteiger partial charge in [-0.2, -0.15) is 0 Å². The Morgan fingerprint density at radius 1 is 1.21 bits per heavy atom. The van der Waals surface area contributed by atoms with E-state index in [0.29, 0.717) is 18.8 Å². The maximum Gasteiger partial charge on any atom is 0.135 e. The van der Waals surface area contributed by atoms with Gasteiger partial charge in [-0.3, -0.25) is 0 Å². The third-order valence-electron chi connectivity index (χ3n) is 3.15. The highest BCUT2D eigenvalue weighted by molar-refractivity contribution is 5.01. The fourth-order valence-electron chi connectivity index (χ4n) is 2.09. The van der Waals surface area contributed by atoms with Crippen molar-refractivity contribution in [2.75, 3.05) is 0 Å². The Morgan fingerprint density at radius 2 is 1.86 bits per heavy atom. The lowest BCUT2D eigenvalue weighted by atomic mass is 9.87. The molecule has 2 rings (SSSR count). The SMILES string of the molecule is Cc1nnc(C2CCC(F)CC2)n1C. The van der Waals surface area contributed by atoms with Gasteiger partial charge in [0.05, 0.1) is 0 Å². The fourth-order valence-corrected chi connectivity index (χ4v) is 2.09. The number of rotatable bonds is 1. The van der Waals surface area contributed by atoms with Crippen LogP contribution in [0.25, 0.3) is 0 Å². The summed E-state index contributed by atoms with van der Waals surface area (Å²) >= 11 is 0. The molecule has 1 aromatic rings. The molecule has 78 valence electrons. The summed E-state index contributed by atoms with van der Waals surface area (Å²) in [6, 6.07) is 0. The molecule has 0 saturated heterocycles. The van der Waals surface area contributed by atoms with Gasteiger partial charge in [-0.15, -0.1) is 10.2 Å². The van der Waals surface area contributed by atoms with Gasteiger partial charge in [0, 0.05) is 13.0 Å². The molecular weight excluding hydrogens is 181 g/mol. The van der Waals surface area contributed by atoms with E-state index in [1.165, 1.54) is 0 Å². The van der Waals surface area contributed by atoms with Crippen molar-refractivity contribution in [1.29, 1.82) is 0 Å². The normalized spacial score (nSPS) is 27.9. The van der Waals surface area contributed by atoms with Crippen molar-refractivity contribution in [3.8, 4) is 0 Å². The summed E-state index contributed by atoms with van der Waals surface area (Å²) in [4.78, 5) is 0. The molecule has 0 aromatic carbocycles. The monoisotopic (exact) mass is 197 g/mol. The van der Waals surface area contributed by atoms with Crippen LogP contribution in [0.3, 0.4) is 0 Å². The van der Waals surface area contributed by atoms with Crippen LogP contribution in [-0.2, 0) is 7.05 Å². The minimum absolute atomic E-state index is 0.410. The smallest absolute Gasteiger partial charge is 0.135 e. The molecule has 0 spiro atoms. The minimum atomic E-state index is -0.597. The van der Waals surface area contributed by atoms with Gasteiger partial charge in [-0.05, 0) is 32.6 Å². The molecule has 0 aliphatic heterocycles. The second kappa shape index (κ2) is 3.67. The van der Waals surface area contributed by atoms with Crippen molar-refractivity contribution in [3.05, 3.63) is 11.6 Å². The molecule has 0 amide bonds. The molecule has 3 nitrogen and oxygen atoms in total. The molecule has 1 aliphatic carbocycles. The first kappa shape index (κ1) is 9.62. The first-order valence-electron chi connectivity index (χ1n) is 5.18. The van der Waals surface area contributed by atoms with Crippen LogP contribution in [0, 0.1) is 6.92 Å². The second-order valence-corrected chi connectivity index (χ2v) is 4.11. The van der Waals surface area contributed by atoms with Crippen LogP contribution in [0.2, 0.25) is 0 Å². The first-order valence-corrected chi connectivity index (χ1v) is 5.18. The van der Waals surface area contributed by atoms with Crippen LogP contribution >= 0.6 is 0 Å². The van der Waals surface area contributed by atoms with Crippen molar-refractivity contribution < 1.29 is 4.39 Å². The molecule has 1 saturated carbocycles. The topological polar surface area (TPSA) is 30.7 Å². The Hall–Kier alpha value is -0.930. The van der Waals surface area contributed by atoms with Gasteiger partial charge in [0.2, 0.25) is 0 Å². The van der Waals surface area contributed by atoms with Gasteiger partial charge < -0.3 is 4.57 Å². The average Bonchev–Trinajstić information content (AvgIpc) is 2.50. The van der Waals surface area contributed by atoms with Crippen molar-refractivity contribution in [1.82, 2.24) is 14.8 Å². The zero-order valence-corrected chi connectivity index (χ0v) is 8.70. The molecule has 0 atom stereocenters. The van der Waals surface area contributed by atoms with E-state index in [-0.39, 0.29) is 0 Å². The quantitative estimate of drug-likeness (QED) is 0.690. The third-order valence-corrected chi connectivity index (χ3v) is 3.15. The number of nitrogens with zero attached hydrogens (tertiary/aromatic N) is 3. The van der Waals surface area contributed by atoms with Gasteiger partial charge in [-0.25, -0.2) is 4.39 Å². The molecule has 4 heteroatoms. The number of hydrogen-bond acceptors (Lipinski definition) is 2. The maximum absolute atomic E-state index is 12.9. The Labute approximate surface area is 83.3 Å². The molecule has 1 fully saturated rings. The Balaban J connectivity index is 2.12. The first-order chi connectivity index (χ1) is 6.68. The molecule has 0 bridgehead atoms. The maximum atomic E-state index is 12.9. The number of alkyl halides is 1. The molecular formula is C10H16FN3. The summed E-state index contributed by atoms with van der Waals surface area (Å²) in [5.41, 5.74) is 0. The van der Waals surface area contributed by atoms with Gasteiger partial charge in [-0.1, -0.05) is 0 Å². The van der Waals surface area contributed by atoms with E-state index < -0.39 is 6.17 Å². The zero-order chi connectivity index (χ0) is 10.1. The van der Waals surface area contributed by atoms with Crippen molar-refractivity contribution in [3.63, 3.8) is 0 Å². The molecule has 0 N–H and O–H groups in total. The molecule has 0 radical (unpaired) electrons. The number of hydrogen-bond donors (Lipinski definition) is 0. The Bertz CT molecular complexity index is 313. The standard InChI is InChI=1S/C10H16FN3/c1-7-12-13-10(14(7)2)8-3-5-9(11)6-4-8/h8-9H,3-6H2,1-2H3. The van der Waals surface area contributed by atoms with Gasteiger partial charge >= 0.3 is 0 Å². The second-order valence-electron chi connectivity index (χ2n) is 4.11. The Morgan fingerprint density at radius 3 is 2.36 bits per heavy atom. The summed E-state index contributed by atoms with van der Waals surface area (Å²) in [5.74, 6) is 2.37. The largest absolute Gasteiger partial charge is 0.318 e. The van der Waals surface area contributed by atoms with Gasteiger partial charge in [0.25, 0.3) is 0 Å². The molecule has 1 heterocycles. The lowest BCUT2D eigenvalue weighted by Crippen LogP contribution is -2.16. The predicted molar refractivity (Wildman–Crippen MR) is 51.8 cm³/mol. The summed E-state index contributed by atoms with van der Waals surface area (Å²) in [7, 11) is 1.98. The molecule has 14 heavy (non-hydrogen) atoms. The molecule has 0 unspecified atom stereocenters. The summed E-state index contributed by atoms with van der Waals surface area (Å²) in [5, 5.41) is 8.18. The van der Waals surface area contributed by atoms with Crippen LogP contribution < -0.4 is 0 Å². The summed E-state index contributed by atoms with van der Waals surface area (Å²) in [6.07, 6.45) is 2.58. The summed E-state index contributed by atoms with van der Waals surface area (Å²) in [6.45, 7) is 1.94. The van der Waals surface area contributed by atoms with E-state index >= 15 is 0 Å². The van der Waals surface area contributed by atoms with Crippen molar-refractivity contribution in [2.24, 2.45) is 7.05 Å². The van der Waals surface area contributed by atoms with E-state index in [9.17, 15) is 4.39 Å². The molecule has 1 aliphatic rings. The average molecular weight is 197 g/mol. The van der Waals surface area contributed by atoms with Crippen LogP contribution in [0.5, 0.6) is 0 Å². The van der Waals surface area contributed by atoms with Gasteiger partial charge in [0.15, 0.2) is 0 Å². The van der Waals surface area contributed by atoms with Crippen molar-refractivity contribution >= 4 is 0 Å². The number of aromatic nitrogens is 3. The van der Waals surface area contributed by atoms with E-state index in [0.717, 1.165) is 24.5 Å². The highest BCUT2D eigenvalue weighted by Gasteiger charge is 2.25. The fraction of sp³-hybridized carbons (Fsp3) is 0.800. The van der Waals surface area contributed by atoms with Crippen LogP contribution in [0.15, 0.2) is 0 Å². The zero-order valence-electron chi connectivity index (χ0n) is 8.70. The number of aryl methyl sites for hydroxylation is 1. The highest BCUT2D eigenvalue weighted by atomic mass is 19.1. The lowest BCUT2D eigenvalue weighted by molar-refractivity contribution is 0.231. The van der Waals surface area contributed by atoms with E-state index in [4.69, 9.17) is 0 Å². The number of halogens is 1. The lowest BCUT2D eigenvalue weighted by Gasteiger charge is -2.23. The third kappa shape index (κ3) is 1.65. The van der Waals surface area contributed by atoms with E-state index in [1.54, 1.807) is 0 Å². The van der Waals surface area contributed by atoms with Crippen LogP contribution in [0.4, 0.5) is 4.39 Å². The van der Waals surface area contributed by atoms with Crippen LogP contribution in [0.1, 0.15) is 43.3 Å². The van der Waals surface area contributed by atoms with Crippen LogP contribution in [-0.4, -0.2) is 20.9 Å². The predicted octanol–water partition coefficient (Wildman–Crippen LogP) is 2.12.